The smallest absolute Gasteiger partial charge is 0.306 e. The Morgan fingerprint density at radius 1 is 0.426 bits per heavy atom. The maximum atomic E-state index is 12.0. The highest BCUT2D eigenvalue weighted by atomic mass is 16.6. The zero-order chi connectivity index (χ0) is 39.3. The van der Waals surface area contributed by atoms with Gasteiger partial charge in [-0.25, -0.2) is 0 Å². The van der Waals surface area contributed by atoms with Gasteiger partial charge in [-0.1, -0.05) is 109 Å². The van der Waals surface area contributed by atoms with E-state index in [-0.39, 0.29) is 18.0 Å². The van der Waals surface area contributed by atoms with E-state index < -0.39 is 0 Å². The van der Waals surface area contributed by atoms with Crippen molar-refractivity contribution in [2.24, 2.45) is 0 Å². The van der Waals surface area contributed by atoms with Crippen LogP contribution in [0.4, 0.5) is 0 Å². The maximum absolute atomic E-state index is 12.0. The lowest BCUT2D eigenvalue weighted by Crippen LogP contribution is -2.27. The Kier molecular flexibility index (Phi) is 44.0. The summed E-state index contributed by atoms with van der Waals surface area (Å²) in [5.41, 5.74) is 0. The van der Waals surface area contributed by atoms with Crippen LogP contribution in [0.1, 0.15) is 156 Å². The molecule has 0 heterocycles. The van der Waals surface area contributed by atoms with Gasteiger partial charge in [0.05, 0.1) is 52.9 Å². The molecule has 10 nitrogen and oxygen atoms in total. The van der Waals surface area contributed by atoms with Gasteiger partial charge in [0.15, 0.2) is 0 Å². The molecule has 0 fully saturated rings. The van der Waals surface area contributed by atoms with Gasteiger partial charge in [0.2, 0.25) is 0 Å². The lowest BCUT2D eigenvalue weighted by molar-refractivity contribution is -0.143. The molecule has 1 unspecified atom stereocenters. The summed E-state index contributed by atoms with van der Waals surface area (Å²) in [4.78, 5) is 23.9. The van der Waals surface area contributed by atoms with E-state index in [1.807, 2.05) is 19.1 Å². The van der Waals surface area contributed by atoms with Crippen molar-refractivity contribution in [2.75, 3.05) is 85.9 Å². The number of hydrogen-bond donors (Lipinski definition) is 0. The van der Waals surface area contributed by atoms with E-state index >= 15 is 0 Å². The molecule has 0 bridgehead atoms. The van der Waals surface area contributed by atoms with E-state index in [9.17, 15) is 9.59 Å². The molecule has 0 saturated carbocycles. The van der Waals surface area contributed by atoms with Gasteiger partial charge in [0.1, 0.15) is 19.3 Å². The van der Waals surface area contributed by atoms with E-state index in [2.05, 4.69) is 26.0 Å². The Hall–Kier alpha value is -1.82. The highest BCUT2D eigenvalue weighted by Crippen LogP contribution is 2.10. The van der Waals surface area contributed by atoms with E-state index in [4.69, 9.17) is 37.9 Å². The Balaban J connectivity index is 4.09. The van der Waals surface area contributed by atoms with Gasteiger partial charge in [-0.15, -0.1) is 0 Å². The molecule has 0 aromatic heterocycles. The van der Waals surface area contributed by atoms with Gasteiger partial charge in [0, 0.05) is 32.7 Å². The second kappa shape index (κ2) is 45.6. The first-order valence-corrected chi connectivity index (χ1v) is 21.7. The van der Waals surface area contributed by atoms with Crippen LogP contribution in [0.3, 0.4) is 0 Å². The summed E-state index contributed by atoms with van der Waals surface area (Å²) in [6.07, 6.45) is 29.7. The summed E-state index contributed by atoms with van der Waals surface area (Å²) in [6, 6.07) is 0. The zero-order valence-electron chi connectivity index (χ0n) is 35.0. The number of carbonyl (C=O) groups excluding carboxylic acids is 2. The van der Waals surface area contributed by atoms with E-state index in [0.29, 0.717) is 98.7 Å². The van der Waals surface area contributed by atoms with Gasteiger partial charge >= 0.3 is 11.9 Å². The third-order valence-electron chi connectivity index (χ3n) is 8.69. The average Bonchev–Trinajstić information content (AvgIpc) is 3.17. The monoisotopic (exact) mass is 771 g/mol. The summed E-state index contributed by atoms with van der Waals surface area (Å²) in [6.45, 7) is 13.3. The van der Waals surface area contributed by atoms with Crippen molar-refractivity contribution in [2.45, 2.75) is 162 Å². The van der Waals surface area contributed by atoms with E-state index in [1.54, 1.807) is 0 Å². The molecule has 318 valence electrons. The van der Waals surface area contributed by atoms with Crippen LogP contribution >= 0.6 is 0 Å². The highest BCUT2D eigenvalue weighted by Gasteiger charge is 2.11. The van der Waals surface area contributed by atoms with Crippen LogP contribution in [0.5, 0.6) is 0 Å². The Morgan fingerprint density at radius 2 is 0.852 bits per heavy atom. The summed E-state index contributed by atoms with van der Waals surface area (Å²) < 4.78 is 44.9. The van der Waals surface area contributed by atoms with Crippen LogP contribution in [0, 0.1) is 0 Å². The number of esters is 2. The minimum Gasteiger partial charge on any atom is -0.461 e. The average molecular weight is 771 g/mol. The molecule has 0 spiro atoms. The second-order valence-electron chi connectivity index (χ2n) is 13.8. The fourth-order valence-electron chi connectivity index (χ4n) is 5.43. The fourth-order valence-corrected chi connectivity index (χ4v) is 5.43. The topological polar surface area (TPSA) is 108 Å². The molecule has 0 N–H and O–H groups in total. The van der Waals surface area contributed by atoms with Crippen LogP contribution < -0.4 is 0 Å². The van der Waals surface area contributed by atoms with Gasteiger partial charge in [-0.2, -0.15) is 0 Å². The van der Waals surface area contributed by atoms with E-state index in [0.717, 1.165) is 77.0 Å². The lowest BCUT2D eigenvalue weighted by Gasteiger charge is -2.18. The summed E-state index contributed by atoms with van der Waals surface area (Å²) in [7, 11) is 0. The van der Waals surface area contributed by atoms with Crippen LogP contribution in [-0.2, 0) is 47.5 Å². The van der Waals surface area contributed by atoms with Crippen molar-refractivity contribution >= 4 is 11.9 Å². The third-order valence-corrected chi connectivity index (χ3v) is 8.69. The van der Waals surface area contributed by atoms with Crippen LogP contribution in [0.15, 0.2) is 24.3 Å². The second-order valence-corrected chi connectivity index (χ2v) is 13.8. The standard InChI is InChI=1S/C44H82O10/c1-4-7-9-11-13-20-27-33-54-44(46)29-23-17-15-21-25-31-52-42(41-51-39-38-49-37-36-48-35-34-47-6-3)40-50-30-24-18-14-16-22-28-43(45)53-32-26-19-12-10-8-5-2/h19-20,26-27,42H,4-18,21-25,28-41H2,1-3H3/b26-19-,27-20-. The summed E-state index contributed by atoms with van der Waals surface area (Å²) >= 11 is 0. The number of unbranched alkanes of at least 4 members (excludes halogenated alkanes) is 15. The van der Waals surface area contributed by atoms with Gasteiger partial charge in [0.25, 0.3) is 0 Å². The molecule has 0 aliphatic carbocycles. The highest BCUT2D eigenvalue weighted by molar-refractivity contribution is 5.69. The Morgan fingerprint density at radius 3 is 1.41 bits per heavy atom. The van der Waals surface area contributed by atoms with E-state index in [1.165, 1.54) is 44.9 Å². The van der Waals surface area contributed by atoms with Crippen molar-refractivity contribution in [3.63, 3.8) is 0 Å². The molecular formula is C44H82O10. The maximum Gasteiger partial charge on any atom is 0.306 e. The Labute approximate surface area is 330 Å². The van der Waals surface area contributed by atoms with Crippen LogP contribution in [-0.4, -0.2) is 104 Å². The largest absolute Gasteiger partial charge is 0.461 e. The number of hydrogen-bond acceptors (Lipinski definition) is 10. The molecule has 0 aromatic rings. The SMILES string of the molecule is CCCCC/C=C\COC(=O)CCCCCCCOCC(COCCOCCOCCOCC)OCCCCCCCC(=O)OC/C=C\CCCCCC. The number of carbonyl (C=O) groups is 2. The third kappa shape index (κ3) is 42.9. The first-order chi connectivity index (χ1) is 26.6. The molecule has 0 rings (SSSR count). The normalized spacial score (nSPS) is 12.3. The molecule has 0 aliphatic rings. The van der Waals surface area contributed by atoms with Gasteiger partial charge in [-0.3, -0.25) is 9.59 Å². The van der Waals surface area contributed by atoms with Gasteiger partial charge in [-0.05, 0) is 58.3 Å². The van der Waals surface area contributed by atoms with Gasteiger partial charge < -0.3 is 37.9 Å². The van der Waals surface area contributed by atoms with Crippen molar-refractivity contribution in [1.82, 2.24) is 0 Å². The molecule has 1 atom stereocenters. The molecule has 54 heavy (non-hydrogen) atoms. The predicted molar refractivity (Wildman–Crippen MR) is 218 cm³/mol. The minimum absolute atomic E-state index is 0.108. The number of ether oxygens (including phenoxy) is 8. The van der Waals surface area contributed by atoms with Crippen LogP contribution in [0.25, 0.3) is 0 Å². The van der Waals surface area contributed by atoms with Crippen molar-refractivity contribution in [3.05, 3.63) is 24.3 Å². The number of allylic oxidation sites excluding steroid dienone is 2. The molecule has 0 aliphatic heterocycles. The molecule has 10 heteroatoms. The van der Waals surface area contributed by atoms with Crippen molar-refractivity contribution < 1.29 is 47.5 Å². The van der Waals surface area contributed by atoms with Crippen molar-refractivity contribution in [1.29, 1.82) is 0 Å². The predicted octanol–water partition coefficient (Wildman–Crippen LogP) is 9.91. The molecular weight excluding hydrogens is 688 g/mol. The minimum atomic E-state index is -0.135. The molecule has 0 aromatic carbocycles. The van der Waals surface area contributed by atoms with Crippen LogP contribution in [0.2, 0.25) is 0 Å². The van der Waals surface area contributed by atoms with Crippen molar-refractivity contribution in [3.8, 4) is 0 Å². The fraction of sp³-hybridized carbons (Fsp3) is 0.864. The first-order valence-electron chi connectivity index (χ1n) is 21.7. The lowest BCUT2D eigenvalue weighted by atomic mass is 10.1. The number of rotatable bonds is 44. The quantitative estimate of drug-likeness (QED) is 0.0338. The molecule has 0 amide bonds. The Bertz CT molecular complexity index is 834. The first kappa shape index (κ1) is 52.2. The summed E-state index contributed by atoms with van der Waals surface area (Å²) in [5, 5.41) is 0. The molecule has 0 saturated heterocycles. The zero-order valence-corrected chi connectivity index (χ0v) is 35.0. The molecule has 0 radical (unpaired) electrons. The summed E-state index contributed by atoms with van der Waals surface area (Å²) in [5.74, 6) is -0.218.